The highest BCUT2D eigenvalue weighted by molar-refractivity contribution is 9.10. The molecule has 1 aromatic heterocycles. The molecule has 1 N–H and O–H groups in total. The van der Waals surface area contributed by atoms with E-state index in [9.17, 15) is 27.2 Å². The second kappa shape index (κ2) is 16.7. The number of hydrogen-bond donors (Lipinski definition) is 1. The molecule has 3 aliphatic rings. The average molecular weight is 816 g/mol. The highest BCUT2D eigenvalue weighted by Gasteiger charge is 2.62. The number of nitrogens with one attached hydrogen (secondary N) is 1. The van der Waals surface area contributed by atoms with Gasteiger partial charge in [0.25, 0.3) is 11.5 Å². The smallest absolute Gasteiger partial charge is 0.435 e. The monoisotopic (exact) mass is 814 g/mol. The van der Waals surface area contributed by atoms with Gasteiger partial charge in [0.15, 0.2) is 0 Å². The molecule has 3 aliphatic heterocycles. The number of cyclic esters (lactones) is 1. The number of rotatable bonds is 10. The van der Waals surface area contributed by atoms with Gasteiger partial charge in [0.2, 0.25) is 0 Å². The van der Waals surface area contributed by atoms with Gasteiger partial charge in [-0.3, -0.25) is 4.79 Å². The van der Waals surface area contributed by atoms with E-state index in [1.165, 1.54) is 24.3 Å². The minimum absolute atomic E-state index is 0.00834. The first-order chi connectivity index (χ1) is 24.3. The third-order valence-corrected chi connectivity index (χ3v) is 9.31. The van der Waals surface area contributed by atoms with Gasteiger partial charge in [0.05, 0.1) is 17.5 Å². The molecule has 6 rings (SSSR count). The normalized spacial score (nSPS) is 19.8. The van der Waals surface area contributed by atoms with Gasteiger partial charge in [0, 0.05) is 66.1 Å². The Labute approximate surface area is 310 Å². The minimum Gasteiger partial charge on any atom is -0.456 e. The van der Waals surface area contributed by atoms with E-state index in [-0.39, 0.29) is 52.5 Å². The van der Waals surface area contributed by atoms with Crippen molar-refractivity contribution in [3.63, 3.8) is 0 Å². The van der Waals surface area contributed by atoms with Crippen LogP contribution in [0.4, 0.5) is 17.6 Å². The number of carbonyl (C=O) groups excluding carboxylic acids is 2. The van der Waals surface area contributed by atoms with E-state index in [1.807, 2.05) is 12.1 Å². The molecule has 0 saturated carbocycles. The fourth-order valence-electron chi connectivity index (χ4n) is 5.74. The molecule has 1 amide bonds. The Morgan fingerprint density at radius 2 is 1.90 bits per heavy atom. The highest BCUT2D eigenvalue weighted by atomic mass is 79.9. The van der Waals surface area contributed by atoms with Crippen molar-refractivity contribution in [1.82, 2.24) is 15.2 Å². The fraction of sp³-hybridized carbons (Fsp3) is 0.371. The largest absolute Gasteiger partial charge is 0.456 e. The van der Waals surface area contributed by atoms with E-state index in [4.69, 9.17) is 37.5 Å². The molecule has 2 unspecified atom stereocenters. The molecule has 0 radical (unpaired) electrons. The number of nitrogens with zero attached hydrogens (tertiary/aromatic N) is 3. The summed E-state index contributed by atoms with van der Waals surface area (Å²) in [5.74, 6) is -0.639. The second-order valence-corrected chi connectivity index (χ2v) is 13.7. The van der Waals surface area contributed by atoms with Gasteiger partial charge in [-0.15, -0.1) is 0 Å². The Morgan fingerprint density at radius 3 is 2.49 bits per heavy atom. The fourth-order valence-corrected chi connectivity index (χ4v) is 6.50. The van der Waals surface area contributed by atoms with Crippen LogP contribution in [0.1, 0.15) is 51.9 Å². The number of ether oxygens (including phenoxy) is 2. The lowest BCUT2D eigenvalue weighted by atomic mass is 9.86. The van der Waals surface area contributed by atoms with Crippen LogP contribution in [-0.2, 0) is 31.3 Å². The van der Waals surface area contributed by atoms with Crippen molar-refractivity contribution in [2.24, 2.45) is 5.16 Å². The topological polar surface area (TPSA) is 102 Å². The van der Waals surface area contributed by atoms with Crippen LogP contribution in [0.2, 0.25) is 10.0 Å². The molecular weight excluding hydrogens is 783 g/mol. The van der Waals surface area contributed by atoms with Crippen LogP contribution >= 0.6 is 39.1 Å². The number of pyridine rings is 1. The Kier molecular flexibility index (Phi) is 12.6. The number of aromatic nitrogens is 1. The number of benzene rings is 2. The SMILES string of the molecule is Cc1cc(C2=NOC(c3cc(Cl)cc(Cl)c3)(C(F)(F)F)C2)ccc1C(=O)NCC1CCCO1.O=C1C=C(N(CCF)Cc2ccc(Br)nc2)CO1. The number of alkyl halides is 4. The molecule has 272 valence electrons. The molecule has 51 heavy (non-hydrogen) atoms. The second-order valence-electron chi connectivity index (χ2n) is 12.0. The van der Waals surface area contributed by atoms with E-state index < -0.39 is 24.9 Å². The first-order valence-corrected chi connectivity index (χ1v) is 17.4. The van der Waals surface area contributed by atoms with Crippen molar-refractivity contribution >= 4 is 56.7 Å². The average Bonchev–Trinajstić information content (AvgIpc) is 3.86. The number of oxime groups is 1. The molecule has 1 fully saturated rings. The molecule has 0 spiro atoms. The molecule has 16 heteroatoms. The molecule has 2 aromatic carbocycles. The summed E-state index contributed by atoms with van der Waals surface area (Å²) in [5, 5.41) is 6.73. The predicted molar refractivity (Wildman–Crippen MR) is 186 cm³/mol. The maximum atomic E-state index is 14.2. The maximum Gasteiger partial charge on any atom is 0.435 e. The van der Waals surface area contributed by atoms with Gasteiger partial charge in [-0.2, -0.15) is 13.2 Å². The third-order valence-electron chi connectivity index (χ3n) is 8.40. The minimum atomic E-state index is -4.77. The Bertz CT molecular complexity index is 1790. The van der Waals surface area contributed by atoms with Crippen LogP contribution in [0.3, 0.4) is 0 Å². The van der Waals surface area contributed by atoms with Crippen molar-refractivity contribution in [1.29, 1.82) is 0 Å². The van der Waals surface area contributed by atoms with E-state index in [2.05, 4.69) is 31.4 Å². The number of aryl methyl sites for hydroxylation is 1. The van der Waals surface area contributed by atoms with Gasteiger partial charge < -0.3 is 24.5 Å². The highest BCUT2D eigenvalue weighted by Crippen LogP contribution is 2.49. The molecule has 0 bridgehead atoms. The summed E-state index contributed by atoms with van der Waals surface area (Å²) in [6.07, 6.45) is -0.333. The van der Waals surface area contributed by atoms with Gasteiger partial charge in [-0.25, -0.2) is 14.2 Å². The third kappa shape index (κ3) is 9.59. The molecule has 1 saturated heterocycles. The van der Waals surface area contributed by atoms with Crippen molar-refractivity contribution < 1.29 is 41.5 Å². The zero-order chi connectivity index (χ0) is 36.8. The number of hydrogen-bond acceptors (Lipinski definition) is 8. The van der Waals surface area contributed by atoms with E-state index in [1.54, 1.807) is 36.2 Å². The van der Waals surface area contributed by atoms with E-state index in [0.717, 1.165) is 23.0 Å². The summed E-state index contributed by atoms with van der Waals surface area (Å²) in [6, 6.07) is 12.2. The summed E-state index contributed by atoms with van der Waals surface area (Å²) in [7, 11) is 0. The van der Waals surface area contributed by atoms with Gasteiger partial charge in [0.1, 0.15) is 17.9 Å². The van der Waals surface area contributed by atoms with Crippen LogP contribution < -0.4 is 5.32 Å². The standard InChI is InChI=1S/C23H21Cl2F3N2O3.C12H12BrFN2O2/c1-13-7-14(4-5-19(13)21(31)29-12-18-3-2-6-32-18)20-11-22(33-30-20,23(26,27)28)15-8-16(24)10-17(25)9-15;13-11-2-1-9(6-15-11)7-16(4-3-14)10-5-12(17)18-8-10/h4-5,7-10,18H,2-3,6,11-12H2,1H3,(H,29,31);1-2,5-6H,3-4,7-8H2. The summed E-state index contributed by atoms with van der Waals surface area (Å²) in [4.78, 5) is 34.5. The van der Waals surface area contributed by atoms with E-state index >= 15 is 0 Å². The number of esters is 1. The Balaban J connectivity index is 0.000000236. The molecule has 9 nitrogen and oxygen atoms in total. The van der Waals surface area contributed by atoms with Crippen LogP contribution in [0.15, 0.2) is 76.3 Å². The lowest BCUT2D eigenvalue weighted by molar-refractivity contribution is -0.275. The first-order valence-electron chi connectivity index (χ1n) is 15.9. The quantitative estimate of drug-likeness (QED) is 0.126. The molecular formula is C35H33BrCl2F4N4O5. The summed E-state index contributed by atoms with van der Waals surface area (Å²) < 4.78 is 66.1. The Hall–Kier alpha value is -3.72. The summed E-state index contributed by atoms with van der Waals surface area (Å²) >= 11 is 15.1. The van der Waals surface area contributed by atoms with Crippen molar-refractivity contribution in [3.8, 4) is 0 Å². The maximum absolute atomic E-state index is 14.2. The van der Waals surface area contributed by atoms with Crippen LogP contribution in [0, 0.1) is 6.92 Å². The van der Waals surface area contributed by atoms with Crippen molar-refractivity contribution in [2.45, 2.75) is 50.6 Å². The molecule has 3 aromatic rings. The van der Waals surface area contributed by atoms with Crippen LogP contribution in [-0.4, -0.2) is 72.7 Å². The van der Waals surface area contributed by atoms with Gasteiger partial charge >= 0.3 is 12.1 Å². The lowest BCUT2D eigenvalue weighted by Crippen LogP contribution is -2.42. The zero-order valence-electron chi connectivity index (χ0n) is 27.2. The van der Waals surface area contributed by atoms with Gasteiger partial charge in [-0.05, 0) is 88.8 Å². The van der Waals surface area contributed by atoms with Crippen molar-refractivity contribution in [3.05, 3.63) is 109 Å². The molecule has 4 heterocycles. The van der Waals surface area contributed by atoms with Gasteiger partial charge in [-0.1, -0.05) is 40.5 Å². The zero-order valence-corrected chi connectivity index (χ0v) is 30.3. The summed E-state index contributed by atoms with van der Waals surface area (Å²) in [6.45, 7) is 3.30. The first kappa shape index (κ1) is 38.5. The van der Waals surface area contributed by atoms with Crippen molar-refractivity contribution in [2.75, 3.05) is 33.0 Å². The predicted octanol–water partition coefficient (Wildman–Crippen LogP) is 7.85. The van der Waals surface area contributed by atoms with E-state index in [0.29, 0.717) is 42.1 Å². The molecule has 0 aliphatic carbocycles. The van der Waals surface area contributed by atoms with Crippen LogP contribution in [0.25, 0.3) is 0 Å². The lowest BCUT2D eigenvalue weighted by Gasteiger charge is -2.29. The number of amides is 1. The summed E-state index contributed by atoms with van der Waals surface area (Å²) in [5.41, 5.74) is 0.304. The number of halogens is 7. The molecule has 2 atom stereocenters. The van der Waals surface area contributed by atoms with Crippen LogP contribution in [0.5, 0.6) is 0 Å². The Morgan fingerprint density at radius 1 is 1.14 bits per heavy atom. The number of carbonyl (C=O) groups is 2.